The number of methoxy groups -OCH3 is 1. The molecule has 0 aliphatic carbocycles. The van der Waals surface area contributed by atoms with Crippen molar-refractivity contribution in [1.29, 1.82) is 0 Å². The number of carbonyl (C=O) groups is 1. The van der Waals surface area contributed by atoms with E-state index in [1.807, 2.05) is 6.26 Å². The molecule has 1 rings (SSSR count). The summed E-state index contributed by atoms with van der Waals surface area (Å²) in [6.07, 6.45) is 1.83. The number of esters is 1. The number of benzene rings is 1. The minimum Gasteiger partial charge on any atom is -0.508 e. The lowest BCUT2D eigenvalue weighted by Gasteiger charge is -2.10. The molecule has 0 atom stereocenters. The summed E-state index contributed by atoms with van der Waals surface area (Å²) in [5.74, 6) is -0.297. The number of phenols is 1. The number of aromatic hydroxyl groups is 1. The van der Waals surface area contributed by atoms with Crippen LogP contribution in [-0.4, -0.2) is 31.2 Å². The van der Waals surface area contributed by atoms with Gasteiger partial charge in [0.1, 0.15) is 5.75 Å². The van der Waals surface area contributed by atoms with Gasteiger partial charge in [0.05, 0.1) is 5.56 Å². The van der Waals surface area contributed by atoms with Crippen LogP contribution < -0.4 is 0 Å². The zero-order valence-corrected chi connectivity index (χ0v) is 10.3. The molecule has 1 aromatic rings. The summed E-state index contributed by atoms with van der Waals surface area (Å²) in [6.45, 7) is 1.68. The second-order valence-corrected chi connectivity index (χ2v) is 4.03. The molecule has 0 heterocycles. The van der Waals surface area contributed by atoms with Crippen LogP contribution >= 0.6 is 11.8 Å². The van der Waals surface area contributed by atoms with E-state index in [1.165, 1.54) is 24.9 Å². The number of rotatable bonds is 4. The van der Waals surface area contributed by atoms with E-state index in [-0.39, 0.29) is 12.5 Å². The van der Waals surface area contributed by atoms with E-state index in [0.29, 0.717) is 16.0 Å². The van der Waals surface area contributed by atoms with Crippen molar-refractivity contribution in [2.24, 2.45) is 0 Å². The highest BCUT2D eigenvalue weighted by molar-refractivity contribution is 7.98. The molecule has 0 aliphatic heterocycles. The Kier molecular flexibility index (Phi) is 4.64. The van der Waals surface area contributed by atoms with Gasteiger partial charge in [-0.2, -0.15) is 0 Å². The van der Waals surface area contributed by atoms with E-state index in [2.05, 4.69) is 4.74 Å². The predicted molar refractivity (Wildman–Crippen MR) is 61.9 cm³/mol. The Hall–Kier alpha value is -1.20. The van der Waals surface area contributed by atoms with Crippen LogP contribution in [0.3, 0.4) is 0 Å². The van der Waals surface area contributed by atoms with Gasteiger partial charge in [-0.05, 0) is 30.9 Å². The molecule has 0 amide bonds. The minimum atomic E-state index is -0.441. The van der Waals surface area contributed by atoms with E-state index in [1.54, 1.807) is 13.0 Å². The van der Waals surface area contributed by atoms with Crippen molar-refractivity contribution in [3.63, 3.8) is 0 Å². The first-order valence-corrected chi connectivity index (χ1v) is 5.86. The zero-order chi connectivity index (χ0) is 12.1. The van der Waals surface area contributed by atoms with Gasteiger partial charge in [0.15, 0.2) is 6.79 Å². The molecule has 5 heteroatoms. The molecule has 0 saturated heterocycles. The van der Waals surface area contributed by atoms with Gasteiger partial charge in [0.2, 0.25) is 0 Å². The number of hydrogen-bond acceptors (Lipinski definition) is 5. The normalized spacial score (nSPS) is 10.2. The lowest BCUT2D eigenvalue weighted by atomic mass is 10.1. The van der Waals surface area contributed by atoms with Gasteiger partial charge in [-0.1, -0.05) is 0 Å². The summed E-state index contributed by atoms with van der Waals surface area (Å²) in [7, 11) is 1.45. The fourth-order valence-electron chi connectivity index (χ4n) is 1.34. The molecule has 0 aromatic heterocycles. The second-order valence-electron chi connectivity index (χ2n) is 3.18. The largest absolute Gasteiger partial charge is 0.508 e. The first-order chi connectivity index (χ1) is 7.60. The number of carbonyl (C=O) groups excluding carboxylic acids is 1. The van der Waals surface area contributed by atoms with Crippen LogP contribution in [0.5, 0.6) is 5.75 Å². The maximum atomic E-state index is 11.7. The van der Waals surface area contributed by atoms with Gasteiger partial charge in [0, 0.05) is 12.0 Å². The Balaban J connectivity index is 3.06. The van der Waals surface area contributed by atoms with E-state index in [0.717, 1.165) is 0 Å². The molecule has 0 fully saturated rings. The lowest BCUT2D eigenvalue weighted by Crippen LogP contribution is -2.10. The van der Waals surface area contributed by atoms with Crippen molar-refractivity contribution >= 4 is 17.7 Å². The number of phenolic OH excluding ortho intramolecular Hbond substituents is 1. The molecular weight excluding hydrogens is 228 g/mol. The van der Waals surface area contributed by atoms with Gasteiger partial charge in [-0.25, -0.2) is 4.79 Å². The van der Waals surface area contributed by atoms with Gasteiger partial charge in [-0.15, -0.1) is 11.8 Å². The van der Waals surface area contributed by atoms with Crippen molar-refractivity contribution in [3.05, 3.63) is 23.3 Å². The highest BCUT2D eigenvalue weighted by atomic mass is 32.2. The molecule has 0 spiro atoms. The van der Waals surface area contributed by atoms with E-state index in [4.69, 9.17) is 4.74 Å². The van der Waals surface area contributed by atoms with Crippen molar-refractivity contribution < 1.29 is 19.4 Å². The highest BCUT2D eigenvalue weighted by Crippen LogP contribution is 2.28. The summed E-state index contributed by atoms with van der Waals surface area (Å²) in [6, 6.07) is 3.07. The third kappa shape index (κ3) is 2.90. The van der Waals surface area contributed by atoms with Crippen LogP contribution in [0.4, 0.5) is 0 Å². The van der Waals surface area contributed by atoms with Gasteiger partial charge < -0.3 is 14.6 Å². The fraction of sp³-hybridized carbons (Fsp3) is 0.364. The smallest absolute Gasteiger partial charge is 0.341 e. The summed E-state index contributed by atoms with van der Waals surface area (Å²) in [5.41, 5.74) is 1.16. The van der Waals surface area contributed by atoms with Crippen molar-refractivity contribution in [2.75, 3.05) is 20.2 Å². The molecule has 0 saturated carbocycles. The molecular formula is C11H14O4S. The quantitative estimate of drug-likeness (QED) is 0.498. The molecule has 4 nitrogen and oxygen atoms in total. The Morgan fingerprint density at radius 1 is 1.50 bits per heavy atom. The minimum absolute atomic E-state index is 0.0764. The standard InChI is InChI=1S/C11H14O4S/c1-7-4-8(12)5-9(16-3)10(7)11(13)15-6-14-2/h4-5,12H,6H2,1-3H3. The monoisotopic (exact) mass is 242 g/mol. The fourth-order valence-corrected chi connectivity index (χ4v) is 2.03. The van der Waals surface area contributed by atoms with Crippen molar-refractivity contribution in [1.82, 2.24) is 0 Å². The lowest BCUT2D eigenvalue weighted by molar-refractivity contribution is -0.0128. The maximum absolute atomic E-state index is 11.7. The Morgan fingerprint density at radius 2 is 2.19 bits per heavy atom. The van der Waals surface area contributed by atoms with Crippen molar-refractivity contribution in [2.45, 2.75) is 11.8 Å². The number of thioether (sulfide) groups is 1. The van der Waals surface area contributed by atoms with Crippen LogP contribution in [0.15, 0.2) is 17.0 Å². The van der Waals surface area contributed by atoms with Gasteiger partial charge >= 0.3 is 5.97 Å². The number of aryl methyl sites for hydroxylation is 1. The van der Waals surface area contributed by atoms with Gasteiger partial charge in [-0.3, -0.25) is 0 Å². The van der Waals surface area contributed by atoms with Gasteiger partial charge in [0.25, 0.3) is 0 Å². The molecule has 16 heavy (non-hydrogen) atoms. The van der Waals surface area contributed by atoms with Crippen LogP contribution in [0, 0.1) is 6.92 Å². The summed E-state index contributed by atoms with van der Waals surface area (Å²) < 4.78 is 9.56. The van der Waals surface area contributed by atoms with E-state index >= 15 is 0 Å². The summed E-state index contributed by atoms with van der Waals surface area (Å²) in [4.78, 5) is 12.4. The number of ether oxygens (including phenoxy) is 2. The van der Waals surface area contributed by atoms with Crippen LogP contribution in [-0.2, 0) is 9.47 Å². The highest BCUT2D eigenvalue weighted by Gasteiger charge is 2.16. The molecule has 0 aliphatic rings. The first-order valence-electron chi connectivity index (χ1n) is 4.63. The van der Waals surface area contributed by atoms with Crippen LogP contribution in [0.2, 0.25) is 0 Å². The molecule has 1 aromatic carbocycles. The molecule has 0 bridgehead atoms. The first kappa shape index (κ1) is 12.9. The Morgan fingerprint density at radius 3 is 2.75 bits per heavy atom. The molecule has 0 unspecified atom stereocenters. The van der Waals surface area contributed by atoms with Crippen LogP contribution in [0.1, 0.15) is 15.9 Å². The SMILES string of the molecule is COCOC(=O)c1c(C)cc(O)cc1SC. The second kappa shape index (κ2) is 5.77. The van der Waals surface area contributed by atoms with E-state index < -0.39 is 5.97 Å². The zero-order valence-electron chi connectivity index (χ0n) is 9.44. The third-order valence-electron chi connectivity index (χ3n) is 2.02. The molecule has 88 valence electrons. The molecule has 1 N–H and O–H groups in total. The third-order valence-corrected chi connectivity index (χ3v) is 2.78. The predicted octanol–water partition coefficient (Wildman–Crippen LogP) is 2.18. The maximum Gasteiger partial charge on any atom is 0.341 e. The average molecular weight is 242 g/mol. The Bertz CT molecular complexity index is 390. The summed E-state index contributed by atoms with van der Waals surface area (Å²) >= 11 is 1.38. The molecule has 0 radical (unpaired) electrons. The van der Waals surface area contributed by atoms with Crippen LogP contribution in [0.25, 0.3) is 0 Å². The topological polar surface area (TPSA) is 55.8 Å². The summed E-state index contributed by atoms with van der Waals surface area (Å²) in [5, 5.41) is 9.42. The van der Waals surface area contributed by atoms with Crippen molar-refractivity contribution in [3.8, 4) is 5.75 Å². The van der Waals surface area contributed by atoms with E-state index in [9.17, 15) is 9.90 Å². The average Bonchev–Trinajstić information content (AvgIpc) is 2.24. The Labute approximate surface area is 98.6 Å². The number of hydrogen-bond donors (Lipinski definition) is 1.